The minimum atomic E-state index is 0.358. The van der Waals surface area contributed by atoms with Crippen molar-refractivity contribution in [3.05, 3.63) is 31.2 Å². The summed E-state index contributed by atoms with van der Waals surface area (Å²) in [5.74, 6) is 0.358. The lowest BCUT2D eigenvalue weighted by Crippen LogP contribution is -1.80. The van der Waals surface area contributed by atoms with E-state index < -0.39 is 0 Å². The van der Waals surface area contributed by atoms with Crippen molar-refractivity contribution < 1.29 is 0 Å². The van der Waals surface area contributed by atoms with Gasteiger partial charge in [-0.25, -0.2) is 0 Å². The van der Waals surface area contributed by atoms with Crippen molar-refractivity contribution in [2.24, 2.45) is 5.92 Å². The van der Waals surface area contributed by atoms with E-state index in [0.29, 0.717) is 5.92 Å². The van der Waals surface area contributed by atoms with E-state index in [1.165, 1.54) is 12.8 Å². The predicted molar refractivity (Wildman–Crippen MR) is 47.7 cm³/mol. The zero-order valence-electron chi connectivity index (χ0n) is 7.01. The standard InChI is InChI=1S/C10H17/c1-4-6-7-9-10(3)8-5-2/h5,7-10H,3-4,6H2,1-2H3. The van der Waals surface area contributed by atoms with Gasteiger partial charge in [0.25, 0.3) is 0 Å². The number of hydrogen-bond donors (Lipinski definition) is 0. The van der Waals surface area contributed by atoms with Crippen LogP contribution in [0.3, 0.4) is 0 Å². The van der Waals surface area contributed by atoms with Crippen molar-refractivity contribution in [2.75, 3.05) is 0 Å². The third-order valence-electron chi connectivity index (χ3n) is 1.28. The molecule has 0 saturated carbocycles. The fourth-order valence-electron chi connectivity index (χ4n) is 0.749. The van der Waals surface area contributed by atoms with E-state index in [2.05, 4.69) is 32.1 Å². The monoisotopic (exact) mass is 137 g/mol. The summed E-state index contributed by atoms with van der Waals surface area (Å²) in [6, 6.07) is 0. The highest BCUT2D eigenvalue weighted by atomic mass is 13.9. The van der Waals surface area contributed by atoms with Gasteiger partial charge in [-0.05, 0) is 26.2 Å². The number of allylic oxidation sites excluding steroid dienone is 4. The van der Waals surface area contributed by atoms with Crippen LogP contribution in [0.4, 0.5) is 0 Å². The first-order valence-electron chi connectivity index (χ1n) is 3.93. The highest BCUT2D eigenvalue weighted by molar-refractivity contribution is 5.00. The molecule has 0 aliphatic carbocycles. The Labute approximate surface area is 64.6 Å². The summed E-state index contributed by atoms with van der Waals surface area (Å²) in [5, 5.41) is 0. The molecule has 1 radical (unpaired) electrons. The molecule has 0 aromatic rings. The van der Waals surface area contributed by atoms with Crippen molar-refractivity contribution >= 4 is 0 Å². The minimum Gasteiger partial charge on any atom is -0.0911 e. The van der Waals surface area contributed by atoms with Crippen molar-refractivity contribution in [3.63, 3.8) is 0 Å². The first kappa shape index (κ1) is 9.48. The largest absolute Gasteiger partial charge is 0.0911 e. The highest BCUT2D eigenvalue weighted by Gasteiger charge is 1.85. The van der Waals surface area contributed by atoms with Gasteiger partial charge < -0.3 is 0 Å². The van der Waals surface area contributed by atoms with Crippen LogP contribution >= 0.6 is 0 Å². The number of rotatable bonds is 4. The lowest BCUT2D eigenvalue weighted by molar-refractivity contribution is 0.939. The third kappa shape index (κ3) is 5.61. The van der Waals surface area contributed by atoms with Crippen LogP contribution in [-0.4, -0.2) is 0 Å². The second-order valence-electron chi connectivity index (χ2n) is 2.41. The maximum atomic E-state index is 3.93. The van der Waals surface area contributed by atoms with E-state index in [0.717, 1.165) is 0 Å². The van der Waals surface area contributed by atoms with Gasteiger partial charge in [-0.15, -0.1) is 0 Å². The SMILES string of the molecule is [CH2]C(C=CC)C=CCCC. The molecule has 0 rings (SSSR count). The number of unbranched alkanes of at least 4 members (excludes halogenated alkanes) is 1. The molecule has 1 atom stereocenters. The number of hydrogen-bond acceptors (Lipinski definition) is 0. The van der Waals surface area contributed by atoms with Gasteiger partial charge in [-0.2, -0.15) is 0 Å². The zero-order chi connectivity index (χ0) is 7.82. The Morgan fingerprint density at radius 3 is 2.60 bits per heavy atom. The Bertz CT molecular complexity index is 109. The summed E-state index contributed by atoms with van der Waals surface area (Å²) in [6.45, 7) is 8.12. The van der Waals surface area contributed by atoms with Crippen LogP contribution in [0.15, 0.2) is 24.3 Å². The van der Waals surface area contributed by atoms with Crippen molar-refractivity contribution in [2.45, 2.75) is 26.7 Å². The molecular weight excluding hydrogens is 120 g/mol. The van der Waals surface area contributed by atoms with Crippen LogP contribution in [0.5, 0.6) is 0 Å². The van der Waals surface area contributed by atoms with Crippen LogP contribution in [0, 0.1) is 12.8 Å². The molecule has 0 aliphatic rings. The lowest BCUT2D eigenvalue weighted by Gasteiger charge is -1.94. The molecule has 1 unspecified atom stereocenters. The quantitative estimate of drug-likeness (QED) is 0.521. The highest BCUT2D eigenvalue weighted by Crippen LogP contribution is 2.00. The molecule has 0 amide bonds. The van der Waals surface area contributed by atoms with Crippen molar-refractivity contribution in [1.82, 2.24) is 0 Å². The van der Waals surface area contributed by atoms with E-state index >= 15 is 0 Å². The van der Waals surface area contributed by atoms with E-state index in [1.807, 2.05) is 13.0 Å². The van der Waals surface area contributed by atoms with Crippen LogP contribution in [0.25, 0.3) is 0 Å². The summed E-state index contributed by atoms with van der Waals surface area (Å²) in [7, 11) is 0. The molecule has 0 N–H and O–H groups in total. The van der Waals surface area contributed by atoms with Crippen LogP contribution in [0.2, 0.25) is 0 Å². The molecule has 0 aromatic carbocycles. The fourth-order valence-corrected chi connectivity index (χ4v) is 0.749. The molecule has 0 bridgehead atoms. The summed E-state index contributed by atoms with van der Waals surface area (Å²) in [4.78, 5) is 0. The maximum Gasteiger partial charge on any atom is -0.00533 e. The average molecular weight is 137 g/mol. The molecule has 0 saturated heterocycles. The molecule has 0 aromatic heterocycles. The molecule has 57 valence electrons. The molecule has 0 nitrogen and oxygen atoms in total. The third-order valence-corrected chi connectivity index (χ3v) is 1.28. The average Bonchev–Trinajstić information content (AvgIpc) is 1.89. The smallest absolute Gasteiger partial charge is 0.00533 e. The van der Waals surface area contributed by atoms with Gasteiger partial charge in [0.1, 0.15) is 0 Å². The Balaban J connectivity index is 3.45. The minimum absolute atomic E-state index is 0.358. The summed E-state index contributed by atoms with van der Waals surface area (Å²) in [5.41, 5.74) is 0. The Morgan fingerprint density at radius 2 is 2.10 bits per heavy atom. The van der Waals surface area contributed by atoms with Gasteiger partial charge >= 0.3 is 0 Å². The van der Waals surface area contributed by atoms with Gasteiger partial charge in [0.2, 0.25) is 0 Å². The van der Waals surface area contributed by atoms with Gasteiger partial charge in [-0.1, -0.05) is 37.6 Å². The van der Waals surface area contributed by atoms with Crippen molar-refractivity contribution in [1.29, 1.82) is 0 Å². The molecule has 0 heterocycles. The lowest BCUT2D eigenvalue weighted by atomic mass is 10.1. The first-order valence-corrected chi connectivity index (χ1v) is 3.93. The molecule has 10 heavy (non-hydrogen) atoms. The Morgan fingerprint density at radius 1 is 1.40 bits per heavy atom. The Kier molecular flexibility index (Phi) is 6.25. The van der Waals surface area contributed by atoms with Crippen LogP contribution in [-0.2, 0) is 0 Å². The summed E-state index contributed by atoms with van der Waals surface area (Å²) >= 11 is 0. The fraction of sp³-hybridized carbons (Fsp3) is 0.500. The Hall–Kier alpha value is -0.520. The van der Waals surface area contributed by atoms with Crippen LogP contribution < -0.4 is 0 Å². The maximum absolute atomic E-state index is 3.93. The van der Waals surface area contributed by atoms with E-state index in [1.54, 1.807) is 0 Å². The molecule has 0 spiro atoms. The first-order chi connectivity index (χ1) is 4.81. The molecule has 0 heteroatoms. The second kappa shape index (κ2) is 6.60. The summed E-state index contributed by atoms with van der Waals surface area (Å²) < 4.78 is 0. The molecule has 0 aliphatic heterocycles. The molecule has 0 fully saturated rings. The van der Waals surface area contributed by atoms with Gasteiger partial charge in [0.15, 0.2) is 0 Å². The molecular formula is C10H17. The van der Waals surface area contributed by atoms with Gasteiger partial charge in [-0.3, -0.25) is 0 Å². The van der Waals surface area contributed by atoms with E-state index in [9.17, 15) is 0 Å². The van der Waals surface area contributed by atoms with Crippen LogP contribution in [0.1, 0.15) is 26.7 Å². The predicted octanol–water partition coefficient (Wildman–Crippen LogP) is 3.37. The summed E-state index contributed by atoms with van der Waals surface area (Å²) in [6.07, 6.45) is 10.9. The second-order valence-corrected chi connectivity index (χ2v) is 2.41. The normalized spacial score (nSPS) is 15.1. The zero-order valence-corrected chi connectivity index (χ0v) is 7.01. The van der Waals surface area contributed by atoms with E-state index in [-0.39, 0.29) is 0 Å². The van der Waals surface area contributed by atoms with Crippen molar-refractivity contribution in [3.8, 4) is 0 Å². The van der Waals surface area contributed by atoms with Gasteiger partial charge in [0, 0.05) is 0 Å². The van der Waals surface area contributed by atoms with Gasteiger partial charge in [0.05, 0.1) is 0 Å². The topological polar surface area (TPSA) is 0 Å². The van der Waals surface area contributed by atoms with E-state index in [4.69, 9.17) is 0 Å².